The average Bonchev–Trinajstić information content (AvgIpc) is 3.00. The molecule has 2 aliphatic heterocycles. The maximum absolute atomic E-state index is 9.75. The van der Waals surface area contributed by atoms with Crippen molar-refractivity contribution in [3.05, 3.63) is 0 Å². The minimum Gasteiger partial charge on any atom is -0.418 e. The second-order valence-electron chi connectivity index (χ2n) is 8.34. The first-order chi connectivity index (χ1) is 13.2. The molecule has 7 heteroatoms. The van der Waals surface area contributed by atoms with E-state index in [4.69, 9.17) is 4.74 Å². The Balaban J connectivity index is 0.000000696. The molecule has 0 aromatic rings. The van der Waals surface area contributed by atoms with Crippen LogP contribution in [0.3, 0.4) is 0 Å². The summed E-state index contributed by atoms with van der Waals surface area (Å²) in [5.74, 6) is 2.25. The molecule has 0 aromatic heterocycles. The van der Waals surface area contributed by atoms with Gasteiger partial charge >= 0.3 is 7.25 Å². The lowest BCUT2D eigenvalue weighted by Gasteiger charge is -2.42. The van der Waals surface area contributed by atoms with E-state index in [9.17, 15) is 17.3 Å². The van der Waals surface area contributed by atoms with Crippen molar-refractivity contribution in [1.82, 2.24) is 0 Å². The Bertz CT molecular complexity index is 466. The topological polar surface area (TPSA) is 12.2 Å². The molecular formula is C21H40BF4NO. The van der Waals surface area contributed by atoms with E-state index in [0.29, 0.717) is 5.92 Å². The fourth-order valence-corrected chi connectivity index (χ4v) is 5.09. The normalized spacial score (nSPS) is 29.7. The standard InChI is InChI=1S/C21H40NO.BF4/c1-5-8-10-13-19-17-22-16-12-15-21(22,23-7-3)20(18(19)4)14-11-9-6-2;2-1(3,4)5/h17-20H,5-16H2,1-4H3;/q+1;-1. The molecule has 2 nitrogen and oxygen atoms in total. The van der Waals surface area contributed by atoms with Crippen molar-refractivity contribution in [2.75, 3.05) is 13.2 Å². The van der Waals surface area contributed by atoms with Crippen LogP contribution in [0.2, 0.25) is 0 Å². The minimum atomic E-state index is -6.00. The molecule has 4 atom stereocenters. The van der Waals surface area contributed by atoms with Gasteiger partial charge in [0.2, 0.25) is 0 Å². The van der Waals surface area contributed by atoms with Crippen LogP contribution in [-0.2, 0) is 4.74 Å². The summed E-state index contributed by atoms with van der Waals surface area (Å²) in [4.78, 5) is 0. The van der Waals surface area contributed by atoms with Gasteiger partial charge in [-0.3, -0.25) is 0 Å². The molecular weight excluding hydrogens is 369 g/mol. The van der Waals surface area contributed by atoms with Crippen LogP contribution in [0.4, 0.5) is 17.3 Å². The highest BCUT2D eigenvalue weighted by Gasteiger charge is 2.58. The number of rotatable bonds is 10. The fourth-order valence-electron chi connectivity index (χ4n) is 5.09. The summed E-state index contributed by atoms with van der Waals surface area (Å²) in [5.41, 5.74) is 0.0309. The molecule has 0 radical (unpaired) electrons. The van der Waals surface area contributed by atoms with E-state index in [1.165, 1.54) is 70.8 Å². The molecule has 0 N–H and O–H groups in total. The number of hydrogen-bond donors (Lipinski definition) is 0. The van der Waals surface area contributed by atoms with Crippen LogP contribution in [0, 0.1) is 17.8 Å². The summed E-state index contributed by atoms with van der Waals surface area (Å²) in [6.45, 7) is 11.4. The lowest BCUT2D eigenvalue weighted by atomic mass is 9.70. The molecule has 28 heavy (non-hydrogen) atoms. The molecule has 2 rings (SSSR count). The maximum Gasteiger partial charge on any atom is 0.673 e. The van der Waals surface area contributed by atoms with Crippen LogP contribution in [0.25, 0.3) is 0 Å². The molecule has 0 amide bonds. The molecule has 0 aliphatic carbocycles. The first-order valence-corrected chi connectivity index (χ1v) is 11.3. The van der Waals surface area contributed by atoms with Gasteiger partial charge in [0.15, 0.2) is 0 Å². The third-order valence-corrected chi connectivity index (χ3v) is 6.33. The zero-order valence-corrected chi connectivity index (χ0v) is 18.2. The van der Waals surface area contributed by atoms with Gasteiger partial charge in [-0.2, -0.15) is 0 Å². The van der Waals surface area contributed by atoms with Gasteiger partial charge in [-0.1, -0.05) is 59.3 Å². The number of fused-ring (bicyclic) bond motifs is 1. The highest BCUT2D eigenvalue weighted by molar-refractivity contribution is 6.50. The van der Waals surface area contributed by atoms with Crippen LogP contribution in [0.1, 0.15) is 91.9 Å². The van der Waals surface area contributed by atoms with E-state index in [2.05, 4.69) is 38.5 Å². The van der Waals surface area contributed by atoms with E-state index in [1.807, 2.05) is 0 Å². The van der Waals surface area contributed by atoms with Crippen LogP contribution in [-0.4, -0.2) is 36.9 Å². The molecule has 0 spiro atoms. The van der Waals surface area contributed by atoms with Gasteiger partial charge in [-0.05, 0) is 25.7 Å². The van der Waals surface area contributed by atoms with Gasteiger partial charge in [0.05, 0.1) is 12.5 Å². The predicted octanol–water partition coefficient (Wildman–Crippen LogP) is 6.94. The van der Waals surface area contributed by atoms with Crippen molar-refractivity contribution in [2.24, 2.45) is 17.8 Å². The summed E-state index contributed by atoms with van der Waals surface area (Å²) in [7, 11) is -6.00. The van der Waals surface area contributed by atoms with Crippen molar-refractivity contribution in [3.8, 4) is 0 Å². The van der Waals surface area contributed by atoms with Crippen LogP contribution < -0.4 is 0 Å². The monoisotopic (exact) mass is 409 g/mol. The van der Waals surface area contributed by atoms with Crippen molar-refractivity contribution >= 4 is 13.5 Å². The Morgan fingerprint density at radius 3 is 2.11 bits per heavy atom. The molecule has 2 aliphatic rings. The number of hydrogen-bond acceptors (Lipinski definition) is 1. The molecule has 2 heterocycles. The number of halogens is 4. The van der Waals surface area contributed by atoms with E-state index in [1.54, 1.807) is 0 Å². The number of unbranched alkanes of at least 4 members (excludes halogenated alkanes) is 4. The number of ether oxygens (including phenoxy) is 1. The Morgan fingerprint density at radius 1 is 1.00 bits per heavy atom. The Morgan fingerprint density at radius 2 is 1.57 bits per heavy atom. The zero-order valence-electron chi connectivity index (χ0n) is 18.2. The Hall–Kier alpha value is -0.585. The van der Waals surface area contributed by atoms with Crippen molar-refractivity contribution < 1.29 is 26.6 Å². The summed E-state index contributed by atoms with van der Waals surface area (Å²) in [6.07, 6.45) is 16.0. The van der Waals surface area contributed by atoms with E-state index in [0.717, 1.165) is 18.4 Å². The SMILES string of the molecule is CCCCCC1C=[N+]2CCCC2(OCC)C(CCCCC)C1C.F[B-](F)(F)F. The highest BCUT2D eigenvalue weighted by atomic mass is 19.5. The lowest BCUT2D eigenvalue weighted by molar-refractivity contribution is -0.658. The third kappa shape index (κ3) is 7.68. The second kappa shape index (κ2) is 12.2. The molecule has 4 unspecified atom stereocenters. The quantitative estimate of drug-likeness (QED) is 0.165. The largest absolute Gasteiger partial charge is 0.673 e. The van der Waals surface area contributed by atoms with Gasteiger partial charge in [0, 0.05) is 18.8 Å². The van der Waals surface area contributed by atoms with Gasteiger partial charge < -0.3 is 22.0 Å². The van der Waals surface area contributed by atoms with Gasteiger partial charge in [-0.25, -0.2) is 4.58 Å². The number of nitrogens with zero attached hydrogens (tertiary/aromatic N) is 1. The van der Waals surface area contributed by atoms with Crippen LogP contribution in [0.15, 0.2) is 0 Å². The zero-order chi connectivity index (χ0) is 21.2. The summed E-state index contributed by atoms with van der Waals surface area (Å²) >= 11 is 0. The lowest BCUT2D eigenvalue weighted by Crippen LogP contribution is -2.55. The molecule has 1 saturated heterocycles. The third-order valence-electron chi connectivity index (χ3n) is 6.33. The predicted molar refractivity (Wildman–Crippen MR) is 109 cm³/mol. The van der Waals surface area contributed by atoms with Gasteiger partial charge in [0.1, 0.15) is 12.8 Å². The first-order valence-electron chi connectivity index (χ1n) is 11.3. The first kappa shape index (κ1) is 25.5. The molecule has 0 saturated carbocycles. The van der Waals surface area contributed by atoms with Crippen LogP contribution >= 0.6 is 0 Å². The smallest absolute Gasteiger partial charge is 0.418 e. The summed E-state index contributed by atoms with van der Waals surface area (Å²) in [5, 5.41) is 0. The Kier molecular flexibility index (Phi) is 11.1. The molecule has 0 bridgehead atoms. The molecule has 1 fully saturated rings. The Labute approximate surface area is 169 Å². The van der Waals surface area contributed by atoms with Gasteiger partial charge in [-0.15, -0.1) is 0 Å². The maximum atomic E-state index is 9.75. The van der Waals surface area contributed by atoms with Crippen molar-refractivity contribution in [3.63, 3.8) is 0 Å². The van der Waals surface area contributed by atoms with E-state index >= 15 is 0 Å². The fraction of sp³-hybridized carbons (Fsp3) is 0.952. The van der Waals surface area contributed by atoms with Crippen molar-refractivity contribution in [2.45, 2.75) is 97.6 Å². The van der Waals surface area contributed by atoms with Crippen LogP contribution in [0.5, 0.6) is 0 Å². The molecule has 166 valence electrons. The summed E-state index contributed by atoms with van der Waals surface area (Å²) < 4.78 is 48.1. The van der Waals surface area contributed by atoms with Gasteiger partial charge in [0.25, 0.3) is 5.72 Å². The van der Waals surface area contributed by atoms with Crippen molar-refractivity contribution in [1.29, 1.82) is 0 Å². The summed E-state index contributed by atoms with van der Waals surface area (Å²) in [6, 6.07) is 0. The average molecular weight is 409 g/mol. The second-order valence-corrected chi connectivity index (χ2v) is 8.34. The van der Waals surface area contributed by atoms with E-state index < -0.39 is 7.25 Å². The van der Waals surface area contributed by atoms with E-state index in [-0.39, 0.29) is 5.72 Å². The highest BCUT2D eigenvalue weighted by Crippen LogP contribution is 2.46. The minimum absolute atomic E-state index is 0.0309. The molecule has 0 aromatic carbocycles.